The van der Waals surface area contributed by atoms with E-state index >= 15 is 0 Å². The summed E-state index contributed by atoms with van der Waals surface area (Å²) in [4.78, 5) is 23.2. The fourth-order valence-electron chi connectivity index (χ4n) is 1.77. The molecule has 0 radical (unpaired) electrons. The fraction of sp³-hybridized carbons (Fsp3) is 0.467. The van der Waals surface area contributed by atoms with E-state index in [0.717, 1.165) is 27.9 Å². The number of hydrogen-bond acceptors (Lipinski definition) is 2. The summed E-state index contributed by atoms with van der Waals surface area (Å²) < 4.78 is 0. The number of carboxylic acid groups (broad SMARTS) is 1. The van der Waals surface area contributed by atoms with Crippen LogP contribution in [0.4, 0.5) is 5.69 Å². The van der Waals surface area contributed by atoms with Gasteiger partial charge in [0.1, 0.15) is 5.41 Å². The molecule has 104 valence electrons. The third-order valence-corrected chi connectivity index (χ3v) is 3.71. The molecular formula is C15H21NO3. The molecular weight excluding hydrogens is 242 g/mol. The lowest BCUT2D eigenvalue weighted by Crippen LogP contribution is -2.38. The second kappa shape index (κ2) is 5.03. The van der Waals surface area contributed by atoms with Crippen LogP contribution >= 0.6 is 0 Å². The van der Waals surface area contributed by atoms with Crippen molar-refractivity contribution in [2.45, 2.75) is 41.5 Å². The van der Waals surface area contributed by atoms with E-state index in [9.17, 15) is 9.59 Å². The first-order valence-corrected chi connectivity index (χ1v) is 6.21. The number of hydrogen-bond donors (Lipinski definition) is 2. The minimum atomic E-state index is -1.45. The van der Waals surface area contributed by atoms with Crippen molar-refractivity contribution in [1.82, 2.24) is 0 Å². The number of rotatable bonds is 3. The quantitative estimate of drug-likeness (QED) is 0.824. The molecule has 0 aromatic heterocycles. The summed E-state index contributed by atoms with van der Waals surface area (Å²) in [5.74, 6) is -1.64. The van der Waals surface area contributed by atoms with Gasteiger partial charge in [0.2, 0.25) is 5.91 Å². The van der Waals surface area contributed by atoms with Gasteiger partial charge in [-0.05, 0) is 63.8 Å². The van der Waals surface area contributed by atoms with Crippen LogP contribution in [0.25, 0.3) is 0 Å². The first-order valence-electron chi connectivity index (χ1n) is 6.21. The highest BCUT2D eigenvalue weighted by molar-refractivity contribution is 6.08. The number of carbonyl (C=O) groups is 2. The largest absolute Gasteiger partial charge is 0.480 e. The SMILES string of the molecule is Cc1cc(C)c(C)c(NC(=O)C(C)(C)C(=O)O)c1C. The number of benzene rings is 1. The lowest BCUT2D eigenvalue weighted by molar-refractivity contribution is -0.151. The minimum Gasteiger partial charge on any atom is -0.480 e. The van der Waals surface area contributed by atoms with E-state index in [2.05, 4.69) is 11.4 Å². The Balaban J connectivity index is 3.21. The number of amides is 1. The highest BCUT2D eigenvalue weighted by atomic mass is 16.4. The molecule has 1 rings (SSSR count). The van der Waals surface area contributed by atoms with Gasteiger partial charge < -0.3 is 10.4 Å². The molecule has 1 aromatic rings. The molecule has 0 saturated carbocycles. The Morgan fingerprint density at radius 2 is 1.47 bits per heavy atom. The van der Waals surface area contributed by atoms with Crippen molar-refractivity contribution in [2.75, 3.05) is 5.32 Å². The Bertz CT molecular complexity index is 519. The highest BCUT2D eigenvalue weighted by Crippen LogP contribution is 2.28. The molecule has 1 amide bonds. The molecule has 0 aliphatic rings. The molecule has 0 heterocycles. The van der Waals surface area contributed by atoms with Gasteiger partial charge in [0.15, 0.2) is 0 Å². The van der Waals surface area contributed by atoms with E-state index in [1.54, 1.807) is 0 Å². The van der Waals surface area contributed by atoms with E-state index in [1.165, 1.54) is 13.8 Å². The second-order valence-electron chi connectivity index (χ2n) is 5.52. The molecule has 4 nitrogen and oxygen atoms in total. The van der Waals surface area contributed by atoms with Crippen LogP contribution in [0.15, 0.2) is 6.07 Å². The third kappa shape index (κ3) is 2.78. The van der Waals surface area contributed by atoms with Crippen LogP contribution in [0.3, 0.4) is 0 Å². The Hall–Kier alpha value is -1.84. The first kappa shape index (κ1) is 15.2. The van der Waals surface area contributed by atoms with E-state index in [0.29, 0.717) is 0 Å². The highest BCUT2D eigenvalue weighted by Gasteiger charge is 2.36. The van der Waals surface area contributed by atoms with Crippen molar-refractivity contribution in [3.8, 4) is 0 Å². The van der Waals surface area contributed by atoms with Crippen LogP contribution in [0.2, 0.25) is 0 Å². The smallest absolute Gasteiger partial charge is 0.318 e. The van der Waals surface area contributed by atoms with Crippen LogP contribution in [-0.2, 0) is 9.59 Å². The summed E-state index contributed by atoms with van der Waals surface area (Å²) in [7, 11) is 0. The van der Waals surface area contributed by atoms with Crippen molar-refractivity contribution in [3.63, 3.8) is 0 Å². The van der Waals surface area contributed by atoms with Crippen LogP contribution in [0.5, 0.6) is 0 Å². The molecule has 0 bridgehead atoms. The number of anilines is 1. The van der Waals surface area contributed by atoms with Gasteiger partial charge in [0.25, 0.3) is 0 Å². The van der Waals surface area contributed by atoms with Gasteiger partial charge in [-0.15, -0.1) is 0 Å². The Morgan fingerprint density at radius 3 is 1.84 bits per heavy atom. The molecule has 2 N–H and O–H groups in total. The van der Waals surface area contributed by atoms with Gasteiger partial charge in [0.05, 0.1) is 0 Å². The molecule has 4 heteroatoms. The zero-order valence-corrected chi connectivity index (χ0v) is 12.3. The molecule has 0 unspecified atom stereocenters. The minimum absolute atomic E-state index is 0.504. The maximum Gasteiger partial charge on any atom is 0.318 e. The lowest BCUT2D eigenvalue weighted by atomic mass is 9.91. The van der Waals surface area contributed by atoms with E-state index in [4.69, 9.17) is 5.11 Å². The summed E-state index contributed by atoms with van der Waals surface area (Å²) in [6.45, 7) is 10.6. The first-order chi connectivity index (χ1) is 8.59. The predicted octanol–water partition coefficient (Wildman–Crippen LogP) is 2.97. The van der Waals surface area contributed by atoms with Crippen LogP contribution in [0.1, 0.15) is 36.1 Å². The molecule has 0 atom stereocenters. The van der Waals surface area contributed by atoms with Crippen molar-refractivity contribution in [1.29, 1.82) is 0 Å². The number of carbonyl (C=O) groups excluding carboxylic acids is 1. The maximum absolute atomic E-state index is 12.1. The Labute approximate surface area is 113 Å². The molecule has 0 fully saturated rings. The number of nitrogens with one attached hydrogen (secondary N) is 1. The average Bonchev–Trinajstić information content (AvgIpc) is 2.31. The standard InChI is InChI=1S/C15H21NO3/c1-8-7-9(2)11(4)12(10(8)3)16-13(17)15(5,6)14(18)19/h7H,1-6H3,(H,16,17)(H,18,19). The summed E-state index contributed by atoms with van der Waals surface area (Å²) in [6, 6.07) is 2.06. The van der Waals surface area contributed by atoms with Gasteiger partial charge in [-0.3, -0.25) is 9.59 Å². The molecule has 0 aliphatic carbocycles. The van der Waals surface area contributed by atoms with Crippen molar-refractivity contribution in [3.05, 3.63) is 28.3 Å². The van der Waals surface area contributed by atoms with Crippen LogP contribution < -0.4 is 5.32 Å². The predicted molar refractivity (Wildman–Crippen MR) is 75.4 cm³/mol. The van der Waals surface area contributed by atoms with Gasteiger partial charge in [0, 0.05) is 5.69 Å². The van der Waals surface area contributed by atoms with E-state index < -0.39 is 17.3 Å². The third-order valence-electron chi connectivity index (χ3n) is 3.71. The second-order valence-corrected chi connectivity index (χ2v) is 5.52. The van der Waals surface area contributed by atoms with E-state index in [1.807, 2.05) is 27.7 Å². The van der Waals surface area contributed by atoms with Crippen LogP contribution in [0, 0.1) is 33.1 Å². The van der Waals surface area contributed by atoms with Gasteiger partial charge in [-0.25, -0.2) is 0 Å². The molecule has 19 heavy (non-hydrogen) atoms. The fourth-order valence-corrected chi connectivity index (χ4v) is 1.77. The number of aryl methyl sites for hydroxylation is 2. The van der Waals surface area contributed by atoms with E-state index in [-0.39, 0.29) is 0 Å². The zero-order chi connectivity index (χ0) is 15.0. The number of carboxylic acids is 1. The van der Waals surface area contributed by atoms with Gasteiger partial charge >= 0.3 is 5.97 Å². The van der Waals surface area contributed by atoms with Crippen molar-refractivity contribution in [2.24, 2.45) is 5.41 Å². The number of aliphatic carboxylic acids is 1. The summed E-state index contributed by atoms with van der Waals surface area (Å²) in [6.07, 6.45) is 0. The van der Waals surface area contributed by atoms with Crippen LogP contribution in [-0.4, -0.2) is 17.0 Å². The molecule has 1 aromatic carbocycles. The summed E-state index contributed by atoms with van der Waals surface area (Å²) >= 11 is 0. The normalized spacial score (nSPS) is 11.3. The van der Waals surface area contributed by atoms with Gasteiger partial charge in [-0.2, -0.15) is 0 Å². The van der Waals surface area contributed by atoms with Gasteiger partial charge in [-0.1, -0.05) is 6.07 Å². The molecule has 0 spiro atoms. The molecule has 0 aliphatic heterocycles. The maximum atomic E-state index is 12.1. The van der Waals surface area contributed by atoms with Crippen molar-refractivity contribution >= 4 is 17.6 Å². The summed E-state index contributed by atoms with van der Waals surface area (Å²) in [5, 5.41) is 11.8. The Kier molecular flexibility index (Phi) is 4.03. The summed E-state index contributed by atoms with van der Waals surface area (Å²) in [5.41, 5.74) is 3.36. The Morgan fingerprint density at radius 1 is 1.05 bits per heavy atom. The zero-order valence-electron chi connectivity index (χ0n) is 12.3. The average molecular weight is 263 g/mol. The molecule has 0 saturated heterocycles. The lowest BCUT2D eigenvalue weighted by Gasteiger charge is -2.22. The monoisotopic (exact) mass is 263 g/mol. The topological polar surface area (TPSA) is 66.4 Å². The van der Waals surface area contributed by atoms with Crippen molar-refractivity contribution < 1.29 is 14.7 Å².